The lowest BCUT2D eigenvalue weighted by Gasteiger charge is -2.10. The number of rotatable bonds is 3. The first kappa shape index (κ1) is 12.2. The zero-order valence-electron chi connectivity index (χ0n) is 10.7. The first-order valence-electron chi connectivity index (χ1n) is 6.30. The summed E-state index contributed by atoms with van der Waals surface area (Å²) in [4.78, 5) is 9.04. The van der Waals surface area contributed by atoms with E-state index in [4.69, 9.17) is 16.6 Å². The molecule has 1 aromatic carbocycles. The predicted molar refractivity (Wildman–Crippen MR) is 77.8 cm³/mol. The monoisotopic (exact) mass is 271 g/mol. The Labute approximate surface area is 116 Å². The van der Waals surface area contributed by atoms with Crippen LogP contribution in [-0.4, -0.2) is 14.5 Å². The van der Waals surface area contributed by atoms with Crippen LogP contribution in [0.25, 0.3) is 16.7 Å². The van der Waals surface area contributed by atoms with E-state index in [1.54, 1.807) is 6.20 Å². The third-order valence-corrected chi connectivity index (χ3v) is 3.50. The minimum atomic E-state index is 0.478. The van der Waals surface area contributed by atoms with Crippen molar-refractivity contribution in [3.8, 4) is 5.82 Å². The summed E-state index contributed by atoms with van der Waals surface area (Å²) in [5.41, 5.74) is 2.06. The fraction of sp³-hybridized carbons (Fsp3) is 0.200. The van der Waals surface area contributed by atoms with Crippen LogP contribution < -0.4 is 0 Å². The molecular weight excluding hydrogens is 258 g/mol. The van der Waals surface area contributed by atoms with Crippen LogP contribution in [0.3, 0.4) is 0 Å². The van der Waals surface area contributed by atoms with Gasteiger partial charge in [-0.05, 0) is 17.7 Å². The molecule has 0 atom stereocenters. The average Bonchev–Trinajstić information content (AvgIpc) is 2.94. The minimum Gasteiger partial charge on any atom is -0.288 e. The topological polar surface area (TPSA) is 30.7 Å². The highest BCUT2D eigenvalue weighted by molar-refractivity contribution is 6.18. The number of fused-ring (bicyclic) bond motifs is 1. The van der Waals surface area contributed by atoms with E-state index >= 15 is 0 Å². The van der Waals surface area contributed by atoms with E-state index in [-0.39, 0.29) is 0 Å². The van der Waals surface area contributed by atoms with Crippen LogP contribution in [0.2, 0.25) is 0 Å². The summed E-state index contributed by atoms with van der Waals surface area (Å²) < 4.78 is 2.02. The Morgan fingerprint density at radius 2 is 2.11 bits per heavy atom. The van der Waals surface area contributed by atoms with Gasteiger partial charge in [-0.1, -0.05) is 25.1 Å². The number of halogens is 1. The number of nitrogens with zero attached hydrogens (tertiary/aromatic N) is 3. The molecule has 96 valence electrons. The van der Waals surface area contributed by atoms with Crippen molar-refractivity contribution in [3.05, 3.63) is 54.1 Å². The molecule has 0 bridgehead atoms. The molecule has 0 radical (unpaired) electrons. The van der Waals surface area contributed by atoms with Crippen LogP contribution in [0.1, 0.15) is 18.3 Å². The van der Waals surface area contributed by atoms with Crippen molar-refractivity contribution >= 4 is 22.5 Å². The second kappa shape index (κ2) is 5.02. The number of aromatic nitrogens is 3. The smallest absolute Gasteiger partial charge is 0.139 e. The normalized spacial score (nSPS) is 11.1. The summed E-state index contributed by atoms with van der Waals surface area (Å²) in [6.07, 6.45) is 4.61. The van der Waals surface area contributed by atoms with Crippen molar-refractivity contribution < 1.29 is 0 Å². The number of hydrogen-bond donors (Lipinski definition) is 0. The average molecular weight is 272 g/mol. The van der Waals surface area contributed by atoms with Crippen LogP contribution in [0, 0.1) is 0 Å². The number of para-hydroxylation sites is 1. The second-order valence-corrected chi connectivity index (χ2v) is 4.62. The molecule has 0 unspecified atom stereocenters. The largest absolute Gasteiger partial charge is 0.288 e. The molecule has 3 aromatic rings. The Bertz CT molecular complexity index is 718. The number of aryl methyl sites for hydroxylation is 1. The van der Waals surface area contributed by atoms with Gasteiger partial charge >= 0.3 is 0 Å². The molecular formula is C15H14ClN3. The highest BCUT2D eigenvalue weighted by Crippen LogP contribution is 2.22. The number of pyridine rings is 1. The molecule has 2 heterocycles. The lowest BCUT2D eigenvalue weighted by molar-refractivity contribution is 0.870. The van der Waals surface area contributed by atoms with Gasteiger partial charge in [-0.15, -0.1) is 11.6 Å². The molecule has 0 N–H and O–H groups in total. The van der Waals surface area contributed by atoms with E-state index < -0.39 is 0 Å². The van der Waals surface area contributed by atoms with Crippen molar-refractivity contribution in [2.45, 2.75) is 19.2 Å². The van der Waals surface area contributed by atoms with E-state index in [2.05, 4.69) is 18.0 Å². The lowest BCUT2D eigenvalue weighted by atomic mass is 10.1. The number of hydrogen-bond acceptors (Lipinski definition) is 2. The molecule has 0 aliphatic rings. The summed E-state index contributed by atoms with van der Waals surface area (Å²) in [5.74, 6) is 2.36. The lowest BCUT2D eigenvalue weighted by Crippen LogP contribution is -2.03. The molecule has 2 aromatic heterocycles. The van der Waals surface area contributed by atoms with Gasteiger partial charge in [0.1, 0.15) is 11.6 Å². The number of alkyl halides is 1. The first-order chi connectivity index (χ1) is 9.33. The van der Waals surface area contributed by atoms with Crippen LogP contribution >= 0.6 is 11.6 Å². The zero-order valence-corrected chi connectivity index (χ0v) is 11.4. The number of benzene rings is 1. The second-order valence-electron chi connectivity index (χ2n) is 4.36. The molecule has 4 heteroatoms. The van der Waals surface area contributed by atoms with Gasteiger partial charge in [0.2, 0.25) is 0 Å². The van der Waals surface area contributed by atoms with Crippen molar-refractivity contribution in [2.75, 3.05) is 0 Å². The Morgan fingerprint density at radius 1 is 1.26 bits per heavy atom. The Balaban J connectivity index is 2.25. The van der Waals surface area contributed by atoms with Crippen molar-refractivity contribution in [3.63, 3.8) is 0 Å². The quantitative estimate of drug-likeness (QED) is 0.680. The van der Waals surface area contributed by atoms with Gasteiger partial charge in [-0.2, -0.15) is 0 Å². The maximum Gasteiger partial charge on any atom is 0.139 e. The standard InChI is InChI=1S/C15H14ClN3/c1-2-14-17-7-8-19(14)15-9-11(10-16)12-5-3-4-6-13(12)18-15/h3-9H,2,10H2,1H3. The van der Waals surface area contributed by atoms with Gasteiger partial charge in [0.05, 0.1) is 5.52 Å². The van der Waals surface area contributed by atoms with Crippen molar-refractivity contribution in [1.29, 1.82) is 0 Å². The highest BCUT2D eigenvalue weighted by atomic mass is 35.5. The molecule has 0 spiro atoms. The van der Waals surface area contributed by atoms with Gasteiger partial charge in [0.25, 0.3) is 0 Å². The Hall–Kier alpha value is -1.87. The SMILES string of the molecule is CCc1nccn1-c1cc(CCl)c2ccccc2n1. The van der Waals surface area contributed by atoms with Crippen LogP contribution in [0.5, 0.6) is 0 Å². The summed E-state index contributed by atoms with van der Waals surface area (Å²) in [5, 5.41) is 1.11. The fourth-order valence-electron chi connectivity index (χ4n) is 2.27. The summed E-state index contributed by atoms with van der Waals surface area (Å²) in [6, 6.07) is 10.1. The number of imidazole rings is 1. The first-order valence-corrected chi connectivity index (χ1v) is 6.84. The molecule has 0 fully saturated rings. The van der Waals surface area contributed by atoms with E-state index in [0.717, 1.165) is 34.5 Å². The van der Waals surface area contributed by atoms with Gasteiger partial charge in [0, 0.05) is 30.1 Å². The maximum absolute atomic E-state index is 6.06. The summed E-state index contributed by atoms with van der Waals surface area (Å²) in [7, 11) is 0. The molecule has 0 saturated carbocycles. The molecule has 0 aliphatic heterocycles. The highest BCUT2D eigenvalue weighted by Gasteiger charge is 2.08. The van der Waals surface area contributed by atoms with Gasteiger partial charge < -0.3 is 0 Å². The van der Waals surface area contributed by atoms with Crippen molar-refractivity contribution in [1.82, 2.24) is 14.5 Å². The van der Waals surface area contributed by atoms with Crippen molar-refractivity contribution in [2.24, 2.45) is 0 Å². The van der Waals surface area contributed by atoms with Crippen LogP contribution in [0.15, 0.2) is 42.7 Å². The van der Waals surface area contributed by atoms with E-state index in [0.29, 0.717) is 5.88 Å². The van der Waals surface area contributed by atoms with E-state index in [1.165, 1.54) is 0 Å². The van der Waals surface area contributed by atoms with Gasteiger partial charge in [-0.25, -0.2) is 9.97 Å². The molecule has 0 amide bonds. The molecule has 19 heavy (non-hydrogen) atoms. The molecule has 0 saturated heterocycles. The van der Waals surface area contributed by atoms with Gasteiger partial charge in [-0.3, -0.25) is 4.57 Å². The Kier molecular flexibility index (Phi) is 3.22. The van der Waals surface area contributed by atoms with Crippen LogP contribution in [-0.2, 0) is 12.3 Å². The Morgan fingerprint density at radius 3 is 2.89 bits per heavy atom. The third kappa shape index (κ3) is 2.10. The summed E-state index contributed by atoms with van der Waals surface area (Å²) in [6.45, 7) is 2.09. The zero-order chi connectivity index (χ0) is 13.2. The minimum absolute atomic E-state index is 0.478. The molecule has 3 rings (SSSR count). The molecule has 0 aliphatic carbocycles. The van der Waals surface area contributed by atoms with E-state index in [1.807, 2.05) is 35.0 Å². The van der Waals surface area contributed by atoms with E-state index in [9.17, 15) is 0 Å². The maximum atomic E-state index is 6.06. The third-order valence-electron chi connectivity index (χ3n) is 3.21. The van der Waals surface area contributed by atoms with Gasteiger partial charge in [0.15, 0.2) is 0 Å². The predicted octanol–water partition coefficient (Wildman–Crippen LogP) is 3.72. The summed E-state index contributed by atoms with van der Waals surface area (Å²) >= 11 is 6.06. The molecule has 3 nitrogen and oxygen atoms in total. The van der Waals surface area contributed by atoms with Crippen LogP contribution in [0.4, 0.5) is 0 Å². The fourth-order valence-corrected chi connectivity index (χ4v) is 2.49.